The summed E-state index contributed by atoms with van der Waals surface area (Å²) in [5, 5.41) is 9.36. The van der Waals surface area contributed by atoms with Crippen molar-refractivity contribution in [3.8, 4) is 11.3 Å². The maximum atomic E-state index is 12.9. The molecule has 0 spiro atoms. The minimum atomic E-state index is -4.54. The van der Waals surface area contributed by atoms with E-state index in [1.807, 2.05) is 25.1 Å². The number of benzene rings is 2. The fourth-order valence-electron chi connectivity index (χ4n) is 2.53. The van der Waals surface area contributed by atoms with Crippen LogP contribution in [-0.2, 0) is 6.18 Å². The zero-order valence-electron chi connectivity index (χ0n) is 12.6. The molecular weight excluding hydrogens is 319 g/mol. The van der Waals surface area contributed by atoms with E-state index >= 15 is 0 Å². The largest absolute Gasteiger partial charge is 0.478 e. The molecule has 122 valence electrons. The lowest BCUT2D eigenvalue weighted by molar-refractivity contribution is -0.137. The summed E-state index contributed by atoms with van der Waals surface area (Å²) >= 11 is 0. The zero-order chi connectivity index (χ0) is 17.5. The maximum absolute atomic E-state index is 12.9. The van der Waals surface area contributed by atoms with E-state index in [9.17, 15) is 23.1 Å². The molecule has 3 aromatic rings. The molecule has 0 saturated heterocycles. The monoisotopic (exact) mass is 331 g/mol. The number of aryl methyl sites for hydroxylation is 1. The van der Waals surface area contributed by atoms with E-state index in [0.29, 0.717) is 11.3 Å². The number of fused-ring (bicyclic) bond motifs is 1. The number of alkyl halides is 3. The van der Waals surface area contributed by atoms with E-state index in [0.717, 1.165) is 17.7 Å². The highest BCUT2D eigenvalue weighted by atomic mass is 19.4. The highest BCUT2D eigenvalue weighted by molar-refractivity contribution is 6.04. The topological polar surface area (TPSA) is 50.2 Å². The van der Waals surface area contributed by atoms with Gasteiger partial charge in [0.2, 0.25) is 0 Å². The Hall–Kier alpha value is -2.89. The van der Waals surface area contributed by atoms with Crippen molar-refractivity contribution in [2.24, 2.45) is 0 Å². The second-order valence-electron chi connectivity index (χ2n) is 5.46. The van der Waals surface area contributed by atoms with E-state index in [1.54, 1.807) is 6.07 Å². The van der Waals surface area contributed by atoms with Crippen molar-refractivity contribution in [2.45, 2.75) is 13.1 Å². The Balaban J connectivity index is 2.28. The molecule has 0 saturated carbocycles. The van der Waals surface area contributed by atoms with Crippen molar-refractivity contribution in [2.75, 3.05) is 0 Å². The summed E-state index contributed by atoms with van der Waals surface area (Å²) in [6, 6.07) is 11.5. The summed E-state index contributed by atoms with van der Waals surface area (Å²) in [6.45, 7) is 1.89. The lowest BCUT2D eigenvalue weighted by Gasteiger charge is -2.11. The van der Waals surface area contributed by atoms with Gasteiger partial charge in [-0.2, -0.15) is 13.2 Å². The number of hydrogen-bond acceptors (Lipinski definition) is 2. The quantitative estimate of drug-likeness (QED) is 0.724. The predicted molar refractivity (Wildman–Crippen MR) is 83.9 cm³/mol. The second kappa shape index (κ2) is 5.63. The second-order valence-corrected chi connectivity index (χ2v) is 5.46. The number of aromatic carboxylic acids is 1. The lowest BCUT2D eigenvalue weighted by Crippen LogP contribution is -2.06. The Morgan fingerprint density at radius 2 is 1.83 bits per heavy atom. The van der Waals surface area contributed by atoms with Crippen molar-refractivity contribution < 1.29 is 23.1 Å². The fourth-order valence-corrected chi connectivity index (χ4v) is 2.53. The molecule has 0 aliphatic rings. The average Bonchev–Trinajstić information content (AvgIpc) is 2.52. The van der Waals surface area contributed by atoms with Gasteiger partial charge in [0.05, 0.1) is 22.3 Å². The van der Waals surface area contributed by atoms with Crippen molar-refractivity contribution in [1.29, 1.82) is 0 Å². The van der Waals surface area contributed by atoms with Crippen molar-refractivity contribution in [3.63, 3.8) is 0 Å². The third-order valence-corrected chi connectivity index (χ3v) is 3.68. The molecule has 0 bridgehead atoms. The molecule has 1 aromatic heterocycles. The maximum Gasteiger partial charge on any atom is 0.416 e. The Kier molecular flexibility index (Phi) is 3.75. The normalized spacial score (nSPS) is 11.7. The SMILES string of the molecule is Cc1cccc(-c2cc(C(=O)O)c3cc(C(F)(F)F)ccc3n2)c1. The van der Waals surface area contributed by atoms with Crippen LogP contribution in [0.15, 0.2) is 48.5 Å². The molecular formula is C18H12F3NO2. The highest BCUT2D eigenvalue weighted by Crippen LogP contribution is 2.33. The smallest absolute Gasteiger partial charge is 0.416 e. The van der Waals surface area contributed by atoms with Crippen LogP contribution >= 0.6 is 0 Å². The first kappa shape index (κ1) is 16.0. The number of carbonyl (C=O) groups is 1. The van der Waals surface area contributed by atoms with E-state index in [-0.39, 0.29) is 16.5 Å². The standard InChI is InChI=1S/C18H12F3NO2/c1-10-3-2-4-11(7-10)16-9-14(17(23)24)13-8-12(18(19,20)21)5-6-15(13)22-16/h2-9H,1H3,(H,23,24). The van der Waals surface area contributed by atoms with Gasteiger partial charge in [0.15, 0.2) is 0 Å². The van der Waals surface area contributed by atoms with Crippen LogP contribution in [0.3, 0.4) is 0 Å². The van der Waals surface area contributed by atoms with Crippen LogP contribution in [0.4, 0.5) is 13.2 Å². The summed E-state index contributed by atoms with van der Waals surface area (Å²) in [4.78, 5) is 15.8. The number of carboxylic acids is 1. The minimum Gasteiger partial charge on any atom is -0.478 e. The van der Waals surface area contributed by atoms with Gasteiger partial charge in [-0.1, -0.05) is 23.8 Å². The van der Waals surface area contributed by atoms with Crippen LogP contribution in [0.1, 0.15) is 21.5 Å². The van der Waals surface area contributed by atoms with Gasteiger partial charge in [-0.25, -0.2) is 9.78 Å². The number of pyridine rings is 1. The number of hydrogen-bond donors (Lipinski definition) is 1. The predicted octanol–water partition coefficient (Wildman–Crippen LogP) is 4.93. The molecule has 0 atom stereocenters. The number of nitrogens with zero attached hydrogens (tertiary/aromatic N) is 1. The van der Waals surface area contributed by atoms with E-state index in [2.05, 4.69) is 4.98 Å². The first-order valence-corrected chi connectivity index (χ1v) is 7.08. The van der Waals surface area contributed by atoms with Gasteiger partial charge in [-0.15, -0.1) is 0 Å². The van der Waals surface area contributed by atoms with E-state index < -0.39 is 17.7 Å². The zero-order valence-corrected chi connectivity index (χ0v) is 12.6. The number of halogens is 3. The number of carboxylic acid groups (broad SMARTS) is 1. The fraction of sp³-hybridized carbons (Fsp3) is 0.111. The van der Waals surface area contributed by atoms with Crippen molar-refractivity contribution in [3.05, 3.63) is 65.2 Å². The third-order valence-electron chi connectivity index (χ3n) is 3.68. The van der Waals surface area contributed by atoms with Crippen LogP contribution in [0, 0.1) is 6.92 Å². The van der Waals surface area contributed by atoms with Crippen LogP contribution in [0.5, 0.6) is 0 Å². The van der Waals surface area contributed by atoms with Gasteiger partial charge >= 0.3 is 12.1 Å². The number of aromatic nitrogens is 1. The van der Waals surface area contributed by atoms with Crippen molar-refractivity contribution >= 4 is 16.9 Å². The van der Waals surface area contributed by atoms with Gasteiger partial charge < -0.3 is 5.11 Å². The van der Waals surface area contributed by atoms with Crippen LogP contribution < -0.4 is 0 Å². The first-order chi connectivity index (χ1) is 11.3. The van der Waals surface area contributed by atoms with E-state index in [1.165, 1.54) is 12.1 Å². The molecule has 0 amide bonds. The summed E-state index contributed by atoms with van der Waals surface area (Å²) in [5.74, 6) is -1.30. The number of rotatable bonds is 2. The Morgan fingerprint density at radius 1 is 1.08 bits per heavy atom. The molecule has 0 aliphatic carbocycles. The third kappa shape index (κ3) is 2.95. The molecule has 24 heavy (non-hydrogen) atoms. The lowest BCUT2D eigenvalue weighted by atomic mass is 10.0. The van der Waals surface area contributed by atoms with Crippen LogP contribution in [0.25, 0.3) is 22.2 Å². The van der Waals surface area contributed by atoms with Gasteiger partial charge in [0.1, 0.15) is 0 Å². The molecule has 3 nitrogen and oxygen atoms in total. The Bertz CT molecular complexity index is 949. The molecule has 0 radical (unpaired) electrons. The molecule has 0 aliphatic heterocycles. The molecule has 0 unspecified atom stereocenters. The van der Waals surface area contributed by atoms with Gasteiger partial charge in [0, 0.05) is 10.9 Å². The van der Waals surface area contributed by atoms with Gasteiger partial charge in [-0.3, -0.25) is 0 Å². The summed E-state index contributed by atoms with van der Waals surface area (Å²) in [5.41, 5.74) is 1.19. The van der Waals surface area contributed by atoms with Gasteiger partial charge in [-0.05, 0) is 37.3 Å². The van der Waals surface area contributed by atoms with Crippen LogP contribution in [-0.4, -0.2) is 16.1 Å². The first-order valence-electron chi connectivity index (χ1n) is 7.08. The summed E-state index contributed by atoms with van der Waals surface area (Å²) in [6.07, 6.45) is -4.54. The molecule has 1 heterocycles. The molecule has 3 rings (SSSR count). The van der Waals surface area contributed by atoms with Crippen LogP contribution in [0.2, 0.25) is 0 Å². The summed E-state index contributed by atoms with van der Waals surface area (Å²) < 4.78 is 38.6. The molecule has 2 aromatic carbocycles. The molecule has 1 N–H and O–H groups in total. The van der Waals surface area contributed by atoms with Gasteiger partial charge in [0.25, 0.3) is 0 Å². The molecule has 6 heteroatoms. The highest BCUT2D eigenvalue weighted by Gasteiger charge is 2.31. The van der Waals surface area contributed by atoms with Crippen molar-refractivity contribution in [1.82, 2.24) is 4.98 Å². The Labute approximate surface area is 135 Å². The van der Waals surface area contributed by atoms with E-state index in [4.69, 9.17) is 0 Å². The molecule has 0 fully saturated rings. The summed E-state index contributed by atoms with van der Waals surface area (Å²) in [7, 11) is 0. The minimum absolute atomic E-state index is 0.0336. The Morgan fingerprint density at radius 3 is 2.46 bits per heavy atom. The average molecular weight is 331 g/mol.